The number of carbonyl (C=O) groups is 2. The summed E-state index contributed by atoms with van der Waals surface area (Å²) in [5, 5.41) is 15.5. The number of amides is 2. The van der Waals surface area contributed by atoms with E-state index >= 15 is 0 Å². The van der Waals surface area contributed by atoms with E-state index in [1.54, 1.807) is 18.2 Å². The largest absolute Gasteiger partial charge is 0.394 e. The number of aliphatic hydroxyl groups is 1. The summed E-state index contributed by atoms with van der Waals surface area (Å²) in [5.41, 5.74) is 4.69. The quantitative estimate of drug-likeness (QED) is 0.460. The summed E-state index contributed by atoms with van der Waals surface area (Å²) >= 11 is 3.37. The van der Waals surface area contributed by atoms with Gasteiger partial charge in [-0.25, -0.2) is 0 Å². The van der Waals surface area contributed by atoms with E-state index in [0.29, 0.717) is 27.7 Å². The third-order valence-corrected chi connectivity index (χ3v) is 5.77. The van der Waals surface area contributed by atoms with Crippen LogP contribution in [0.5, 0.6) is 0 Å². The fraction of sp³-hybridized carbons (Fsp3) is 0.200. The maximum atomic E-state index is 12.7. The van der Waals surface area contributed by atoms with Crippen LogP contribution in [-0.2, 0) is 6.42 Å². The molecule has 5 nitrogen and oxygen atoms in total. The van der Waals surface area contributed by atoms with Crippen molar-refractivity contribution in [3.8, 4) is 0 Å². The molecule has 3 aromatic carbocycles. The Morgan fingerprint density at radius 1 is 0.903 bits per heavy atom. The first kappa shape index (κ1) is 22.7. The zero-order valence-electron chi connectivity index (χ0n) is 17.5. The Bertz CT molecular complexity index is 1060. The van der Waals surface area contributed by atoms with Gasteiger partial charge >= 0.3 is 0 Å². The van der Waals surface area contributed by atoms with Crippen LogP contribution in [0.1, 0.15) is 37.4 Å². The van der Waals surface area contributed by atoms with Gasteiger partial charge in [-0.15, -0.1) is 0 Å². The molecule has 0 aromatic heterocycles. The Balaban J connectivity index is 1.63. The number of hydrogen-bond donors (Lipinski definition) is 3. The number of nitrogens with one attached hydrogen (secondary N) is 2. The number of rotatable bonds is 7. The lowest BCUT2D eigenvalue weighted by atomic mass is 10.0. The maximum absolute atomic E-state index is 12.7. The Morgan fingerprint density at radius 3 is 2.16 bits per heavy atom. The average Bonchev–Trinajstić information content (AvgIpc) is 2.74. The molecule has 0 aliphatic rings. The fourth-order valence-corrected chi connectivity index (χ4v) is 3.91. The van der Waals surface area contributed by atoms with Gasteiger partial charge in [-0.3, -0.25) is 9.59 Å². The molecule has 0 radical (unpaired) electrons. The van der Waals surface area contributed by atoms with Crippen LogP contribution < -0.4 is 10.6 Å². The standard InChI is InChI=1S/C25H25BrN2O3/c1-16-6-5-7-17(2)23(16)25(31)27-19-12-10-18(11-13-19)14-20(15-29)28-24(30)21-8-3-4-9-22(21)26/h3-13,20,29H,14-15H2,1-2H3,(H,27,31)(H,28,30)/t20-/m0/s1. The van der Waals surface area contributed by atoms with Crippen LogP contribution in [0.15, 0.2) is 71.2 Å². The van der Waals surface area contributed by atoms with Gasteiger partial charge < -0.3 is 15.7 Å². The molecule has 0 fully saturated rings. The minimum absolute atomic E-state index is 0.141. The molecule has 0 saturated carbocycles. The van der Waals surface area contributed by atoms with Crippen molar-refractivity contribution in [2.45, 2.75) is 26.3 Å². The summed E-state index contributed by atoms with van der Waals surface area (Å²) in [5.74, 6) is -0.388. The van der Waals surface area contributed by atoms with Crippen molar-refractivity contribution in [1.82, 2.24) is 5.32 Å². The Labute approximate surface area is 190 Å². The topological polar surface area (TPSA) is 78.4 Å². The van der Waals surface area contributed by atoms with Crippen molar-refractivity contribution in [3.63, 3.8) is 0 Å². The normalized spacial score (nSPS) is 11.6. The van der Waals surface area contributed by atoms with Gasteiger partial charge in [0.05, 0.1) is 18.2 Å². The molecule has 6 heteroatoms. The summed E-state index contributed by atoms with van der Waals surface area (Å²) in [6, 6.07) is 19.9. The summed E-state index contributed by atoms with van der Waals surface area (Å²) in [6.07, 6.45) is 0.470. The molecule has 3 rings (SSSR count). The van der Waals surface area contributed by atoms with E-state index in [2.05, 4.69) is 26.6 Å². The van der Waals surface area contributed by atoms with Gasteiger partial charge in [0.15, 0.2) is 0 Å². The molecule has 0 aliphatic carbocycles. The highest BCUT2D eigenvalue weighted by Gasteiger charge is 2.16. The van der Waals surface area contributed by atoms with Gasteiger partial charge in [0.25, 0.3) is 11.8 Å². The minimum atomic E-state index is -0.422. The Morgan fingerprint density at radius 2 is 1.55 bits per heavy atom. The number of carbonyl (C=O) groups excluding carboxylic acids is 2. The molecule has 0 bridgehead atoms. The van der Waals surface area contributed by atoms with Crippen LogP contribution in [0, 0.1) is 13.8 Å². The smallest absolute Gasteiger partial charge is 0.256 e. The number of hydrogen-bond acceptors (Lipinski definition) is 3. The molecule has 3 aromatic rings. The third-order valence-electron chi connectivity index (χ3n) is 5.08. The minimum Gasteiger partial charge on any atom is -0.394 e. The number of halogens is 1. The van der Waals surface area contributed by atoms with Crippen LogP contribution >= 0.6 is 15.9 Å². The Kier molecular flexibility index (Phi) is 7.60. The van der Waals surface area contributed by atoms with Crippen molar-refractivity contribution in [2.75, 3.05) is 11.9 Å². The van der Waals surface area contributed by atoms with Crippen LogP contribution in [0.2, 0.25) is 0 Å². The molecule has 3 N–H and O–H groups in total. The monoisotopic (exact) mass is 480 g/mol. The molecule has 1 atom stereocenters. The molecule has 31 heavy (non-hydrogen) atoms. The zero-order valence-corrected chi connectivity index (χ0v) is 19.1. The Hall–Kier alpha value is -2.96. The first-order valence-corrected chi connectivity index (χ1v) is 10.8. The first-order chi connectivity index (χ1) is 14.9. The molecule has 160 valence electrons. The molecule has 0 aliphatic heterocycles. The molecular weight excluding hydrogens is 456 g/mol. The second-order valence-corrected chi connectivity index (χ2v) is 8.31. The average molecular weight is 481 g/mol. The molecular formula is C25H25BrN2O3. The summed E-state index contributed by atoms with van der Waals surface area (Å²) in [6.45, 7) is 3.66. The van der Waals surface area contributed by atoms with Crippen LogP contribution in [0.4, 0.5) is 5.69 Å². The molecule has 0 heterocycles. The molecule has 0 saturated heterocycles. The van der Waals surface area contributed by atoms with E-state index in [4.69, 9.17) is 0 Å². The lowest BCUT2D eigenvalue weighted by Gasteiger charge is -2.17. The van der Waals surface area contributed by atoms with Crippen LogP contribution in [0.3, 0.4) is 0 Å². The van der Waals surface area contributed by atoms with E-state index in [9.17, 15) is 14.7 Å². The second-order valence-electron chi connectivity index (χ2n) is 7.45. The number of anilines is 1. The highest BCUT2D eigenvalue weighted by molar-refractivity contribution is 9.10. The van der Waals surface area contributed by atoms with E-state index < -0.39 is 6.04 Å². The van der Waals surface area contributed by atoms with Gasteiger partial charge in [-0.2, -0.15) is 0 Å². The van der Waals surface area contributed by atoms with E-state index in [1.807, 2.05) is 62.4 Å². The molecule has 0 unspecified atom stereocenters. The van der Waals surface area contributed by atoms with Gasteiger partial charge in [0.1, 0.15) is 0 Å². The number of aryl methyl sites for hydroxylation is 2. The van der Waals surface area contributed by atoms with Crippen LogP contribution in [-0.4, -0.2) is 29.6 Å². The van der Waals surface area contributed by atoms with E-state index in [0.717, 1.165) is 16.7 Å². The SMILES string of the molecule is Cc1cccc(C)c1C(=O)Nc1ccc(C[C@@H](CO)NC(=O)c2ccccc2Br)cc1. The summed E-state index contributed by atoms with van der Waals surface area (Å²) in [4.78, 5) is 25.1. The lowest BCUT2D eigenvalue weighted by molar-refractivity contribution is 0.0915. The van der Waals surface area contributed by atoms with E-state index in [1.165, 1.54) is 0 Å². The van der Waals surface area contributed by atoms with Crippen molar-refractivity contribution in [2.24, 2.45) is 0 Å². The van der Waals surface area contributed by atoms with Crippen molar-refractivity contribution in [3.05, 3.63) is 99.0 Å². The maximum Gasteiger partial charge on any atom is 0.256 e. The van der Waals surface area contributed by atoms with Gasteiger partial charge in [0, 0.05) is 15.7 Å². The molecule has 2 amide bonds. The predicted molar refractivity (Wildman–Crippen MR) is 126 cm³/mol. The third kappa shape index (κ3) is 5.81. The number of aliphatic hydroxyl groups excluding tert-OH is 1. The van der Waals surface area contributed by atoms with Crippen LogP contribution in [0.25, 0.3) is 0 Å². The fourth-order valence-electron chi connectivity index (χ4n) is 3.44. The van der Waals surface area contributed by atoms with Gasteiger partial charge in [-0.1, -0.05) is 42.5 Å². The summed E-state index contributed by atoms with van der Waals surface area (Å²) in [7, 11) is 0. The van der Waals surface area contributed by atoms with E-state index in [-0.39, 0.29) is 18.4 Å². The van der Waals surface area contributed by atoms with Crippen molar-refractivity contribution >= 4 is 33.4 Å². The van der Waals surface area contributed by atoms with Crippen molar-refractivity contribution < 1.29 is 14.7 Å². The molecule has 0 spiro atoms. The first-order valence-electron chi connectivity index (χ1n) is 10.0. The van der Waals surface area contributed by atoms with Crippen molar-refractivity contribution in [1.29, 1.82) is 0 Å². The second kappa shape index (κ2) is 10.4. The van der Waals surface area contributed by atoms with Gasteiger partial charge in [0.2, 0.25) is 0 Å². The highest BCUT2D eigenvalue weighted by atomic mass is 79.9. The lowest BCUT2D eigenvalue weighted by Crippen LogP contribution is -2.39. The van der Waals surface area contributed by atoms with Gasteiger partial charge in [-0.05, 0) is 77.2 Å². The predicted octanol–water partition coefficient (Wildman–Crippen LogP) is 4.65. The summed E-state index contributed by atoms with van der Waals surface area (Å²) < 4.78 is 0.702. The number of benzene rings is 3. The zero-order chi connectivity index (χ0) is 22.4. The highest BCUT2D eigenvalue weighted by Crippen LogP contribution is 2.18.